The summed E-state index contributed by atoms with van der Waals surface area (Å²) in [6.45, 7) is 2.52. The van der Waals surface area contributed by atoms with Crippen molar-refractivity contribution in [2.75, 3.05) is 7.11 Å². The van der Waals surface area contributed by atoms with Gasteiger partial charge >= 0.3 is 0 Å². The van der Waals surface area contributed by atoms with Crippen molar-refractivity contribution in [2.24, 2.45) is 0 Å². The Morgan fingerprint density at radius 2 is 1.86 bits per heavy atom. The molecule has 0 unspecified atom stereocenters. The number of methoxy groups -OCH3 is 1. The Morgan fingerprint density at radius 3 is 2.61 bits per heavy atom. The molecule has 0 bridgehead atoms. The van der Waals surface area contributed by atoms with E-state index >= 15 is 0 Å². The highest BCUT2D eigenvalue weighted by atomic mass is 32.2. The molecule has 0 aliphatic heterocycles. The molecule has 0 aliphatic rings. The highest BCUT2D eigenvalue weighted by Gasteiger charge is 2.14. The molecule has 7 nitrogen and oxygen atoms in total. The molecule has 8 heteroatoms. The van der Waals surface area contributed by atoms with Gasteiger partial charge in [-0.2, -0.15) is 0 Å². The Balaban J connectivity index is 1.45. The molecule has 4 aromatic rings. The van der Waals surface area contributed by atoms with Crippen LogP contribution < -0.4 is 4.74 Å². The van der Waals surface area contributed by atoms with Gasteiger partial charge in [-0.15, -0.1) is 5.10 Å². The number of rotatable bonds is 7. The first-order valence-electron chi connectivity index (χ1n) is 8.76. The lowest BCUT2D eigenvalue weighted by Gasteiger charge is -2.05. The summed E-state index contributed by atoms with van der Waals surface area (Å²) in [5, 5.41) is 12.8. The molecular weight excluding hydrogens is 374 g/mol. The number of aromatic nitrogens is 5. The van der Waals surface area contributed by atoms with Crippen molar-refractivity contribution in [1.29, 1.82) is 0 Å². The minimum atomic E-state index is 0.590. The zero-order valence-electron chi connectivity index (χ0n) is 15.6. The molecule has 0 spiro atoms. The zero-order valence-corrected chi connectivity index (χ0v) is 16.4. The van der Waals surface area contributed by atoms with Crippen molar-refractivity contribution in [1.82, 2.24) is 25.2 Å². The van der Waals surface area contributed by atoms with E-state index in [0.29, 0.717) is 18.2 Å². The van der Waals surface area contributed by atoms with Gasteiger partial charge in [0.1, 0.15) is 11.5 Å². The number of aryl methyl sites for hydroxylation is 1. The monoisotopic (exact) mass is 393 g/mol. The summed E-state index contributed by atoms with van der Waals surface area (Å²) in [6, 6.07) is 17.7. The third-order valence-electron chi connectivity index (χ3n) is 4.24. The second-order valence-electron chi connectivity index (χ2n) is 6.14. The summed E-state index contributed by atoms with van der Waals surface area (Å²) in [7, 11) is 1.65. The summed E-state index contributed by atoms with van der Waals surface area (Å²) < 4.78 is 12.8. The van der Waals surface area contributed by atoms with Crippen LogP contribution in [0.1, 0.15) is 17.0 Å². The van der Waals surface area contributed by atoms with Gasteiger partial charge in [0.25, 0.3) is 0 Å². The van der Waals surface area contributed by atoms with E-state index in [4.69, 9.17) is 9.15 Å². The molecule has 0 N–H and O–H groups in total. The maximum absolute atomic E-state index is 5.82. The Hall–Kier alpha value is -3.13. The second-order valence-corrected chi connectivity index (χ2v) is 7.09. The van der Waals surface area contributed by atoms with Crippen LogP contribution in [-0.4, -0.2) is 32.3 Å². The van der Waals surface area contributed by atoms with Crippen LogP contribution in [0.2, 0.25) is 0 Å². The van der Waals surface area contributed by atoms with Gasteiger partial charge in [0.2, 0.25) is 11.0 Å². The van der Waals surface area contributed by atoms with E-state index in [1.165, 1.54) is 11.8 Å². The number of hydrogen-bond acceptors (Lipinski definition) is 7. The van der Waals surface area contributed by atoms with Crippen LogP contribution in [0.15, 0.2) is 64.2 Å². The molecule has 2 aromatic carbocycles. The molecule has 2 aromatic heterocycles. The van der Waals surface area contributed by atoms with Gasteiger partial charge in [0, 0.05) is 11.3 Å². The van der Waals surface area contributed by atoms with Crippen molar-refractivity contribution < 1.29 is 9.15 Å². The van der Waals surface area contributed by atoms with Crippen LogP contribution in [0.3, 0.4) is 0 Å². The lowest BCUT2D eigenvalue weighted by Crippen LogP contribution is -2.04. The summed E-state index contributed by atoms with van der Waals surface area (Å²) >= 11 is 1.54. The van der Waals surface area contributed by atoms with Crippen molar-refractivity contribution in [3.63, 3.8) is 0 Å². The Kier molecular flexibility index (Phi) is 5.38. The molecule has 142 valence electrons. The van der Waals surface area contributed by atoms with Gasteiger partial charge in [-0.1, -0.05) is 42.1 Å². The minimum Gasteiger partial charge on any atom is -0.497 e. The first-order chi connectivity index (χ1) is 13.7. The molecule has 0 saturated heterocycles. The molecule has 0 radical (unpaired) electrons. The highest BCUT2D eigenvalue weighted by molar-refractivity contribution is 7.98. The van der Waals surface area contributed by atoms with Crippen molar-refractivity contribution >= 4 is 11.8 Å². The van der Waals surface area contributed by atoms with Crippen LogP contribution in [0.5, 0.6) is 5.75 Å². The molecule has 28 heavy (non-hydrogen) atoms. The average Bonchev–Trinajstić information content (AvgIpc) is 3.33. The molecule has 0 aliphatic carbocycles. The lowest BCUT2D eigenvalue weighted by atomic mass is 10.2. The van der Waals surface area contributed by atoms with Crippen molar-refractivity contribution in [2.45, 2.75) is 24.4 Å². The molecule has 0 amide bonds. The van der Waals surface area contributed by atoms with Crippen LogP contribution in [0.25, 0.3) is 11.5 Å². The van der Waals surface area contributed by atoms with Gasteiger partial charge < -0.3 is 9.15 Å². The van der Waals surface area contributed by atoms with E-state index in [9.17, 15) is 0 Å². The van der Waals surface area contributed by atoms with Gasteiger partial charge in [-0.25, -0.2) is 9.67 Å². The van der Waals surface area contributed by atoms with Crippen LogP contribution >= 0.6 is 11.8 Å². The van der Waals surface area contributed by atoms with Crippen LogP contribution in [0, 0.1) is 6.92 Å². The maximum atomic E-state index is 5.82. The number of thioether (sulfide) groups is 1. The van der Waals surface area contributed by atoms with Crippen LogP contribution in [-0.2, 0) is 12.3 Å². The predicted molar refractivity (Wildman–Crippen MR) is 106 cm³/mol. The minimum absolute atomic E-state index is 0.590. The first kappa shape index (κ1) is 18.2. The SMILES string of the molecule is COc1ccc(Cn2nnnc2SCc2nc(-c3ccccc3)oc2C)cc1. The second kappa shape index (κ2) is 8.26. The standard InChI is InChI=1S/C20H19N5O2S/c1-14-18(21-19(27-14)16-6-4-3-5-7-16)13-28-20-22-23-24-25(20)12-15-8-10-17(26-2)11-9-15/h3-11H,12-13H2,1-2H3. The molecule has 0 saturated carbocycles. The number of nitrogens with zero attached hydrogens (tertiary/aromatic N) is 5. The van der Waals surface area contributed by atoms with E-state index in [1.807, 2.05) is 61.5 Å². The van der Waals surface area contributed by atoms with E-state index in [1.54, 1.807) is 11.8 Å². The number of ether oxygens (including phenoxy) is 1. The smallest absolute Gasteiger partial charge is 0.226 e. The van der Waals surface area contributed by atoms with Gasteiger partial charge in [0.05, 0.1) is 19.3 Å². The normalized spacial score (nSPS) is 10.9. The average molecular weight is 393 g/mol. The third kappa shape index (κ3) is 4.07. The molecule has 4 rings (SSSR count). The van der Waals surface area contributed by atoms with Gasteiger partial charge in [0.15, 0.2) is 0 Å². The molecule has 0 fully saturated rings. The lowest BCUT2D eigenvalue weighted by molar-refractivity contribution is 0.414. The fourth-order valence-electron chi connectivity index (χ4n) is 2.70. The Labute approximate surface area is 166 Å². The maximum Gasteiger partial charge on any atom is 0.226 e. The van der Waals surface area contributed by atoms with Gasteiger partial charge in [-0.05, 0) is 47.2 Å². The topological polar surface area (TPSA) is 78.9 Å². The summed E-state index contributed by atoms with van der Waals surface area (Å²) in [5.74, 6) is 2.89. The number of benzene rings is 2. The first-order valence-corrected chi connectivity index (χ1v) is 9.75. The molecular formula is C20H19N5O2S. The van der Waals surface area contributed by atoms with E-state index < -0.39 is 0 Å². The number of oxazole rings is 1. The van der Waals surface area contributed by atoms with E-state index in [0.717, 1.165) is 33.5 Å². The number of tetrazole rings is 1. The quantitative estimate of drug-likeness (QED) is 0.439. The summed E-state index contributed by atoms with van der Waals surface area (Å²) in [5.41, 5.74) is 2.95. The van der Waals surface area contributed by atoms with Crippen LogP contribution in [0.4, 0.5) is 0 Å². The highest BCUT2D eigenvalue weighted by Crippen LogP contribution is 2.26. The predicted octanol–water partition coefficient (Wildman–Crippen LogP) is 3.99. The number of hydrogen-bond donors (Lipinski definition) is 0. The zero-order chi connectivity index (χ0) is 19.3. The summed E-state index contributed by atoms with van der Waals surface area (Å²) in [6.07, 6.45) is 0. The molecule has 0 atom stereocenters. The van der Waals surface area contributed by atoms with E-state index in [-0.39, 0.29) is 0 Å². The molecule has 2 heterocycles. The fourth-order valence-corrected chi connectivity index (χ4v) is 3.58. The van der Waals surface area contributed by atoms with Crippen molar-refractivity contribution in [3.05, 3.63) is 71.6 Å². The fraction of sp³-hybridized carbons (Fsp3) is 0.200. The Morgan fingerprint density at radius 1 is 1.07 bits per heavy atom. The Bertz CT molecular complexity index is 1040. The third-order valence-corrected chi connectivity index (χ3v) is 5.21. The van der Waals surface area contributed by atoms with Crippen molar-refractivity contribution in [3.8, 4) is 17.2 Å². The largest absolute Gasteiger partial charge is 0.497 e. The van der Waals surface area contributed by atoms with Gasteiger partial charge in [-0.3, -0.25) is 0 Å². The van der Waals surface area contributed by atoms with E-state index in [2.05, 4.69) is 20.5 Å². The summed E-state index contributed by atoms with van der Waals surface area (Å²) in [4.78, 5) is 4.63.